The van der Waals surface area contributed by atoms with Crippen molar-refractivity contribution in [3.63, 3.8) is 0 Å². The molecule has 0 aromatic rings. The summed E-state index contributed by atoms with van der Waals surface area (Å²) in [7, 11) is 0. The van der Waals surface area contributed by atoms with Crippen LogP contribution in [0, 0.1) is 5.41 Å². The number of aliphatic hydroxyl groups is 1. The summed E-state index contributed by atoms with van der Waals surface area (Å²) in [6, 6.07) is 0. The average Bonchev–Trinajstić information content (AvgIpc) is 2.11. The Hall–Kier alpha value is -0.410. The van der Waals surface area contributed by atoms with Crippen LogP contribution in [0.2, 0.25) is 0 Å². The van der Waals surface area contributed by atoms with Gasteiger partial charge in [-0.1, -0.05) is 34.6 Å². The van der Waals surface area contributed by atoms with Crippen molar-refractivity contribution in [2.24, 2.45) is 5.41 Å². The molecule has 0 rings (SSSR count). The molecule has 0 radical (unpaired) electrons. The highest BCUT2D eigenvalue weighted by atomic mass is 16.3. The molecule has 0 aliphatic heterocycles. The maximum Gasteiger partial charge on any atom is 0.175 e. The maximum atomic E-state index is 11.6. The number of carbonyl (C=O) groups excluding carboxylic acids is 1. The van der Waals surface area contributed by atoms with E-state index in [1.54, 1.807) is 0 Å². The lowest BCUT2D eigenvalue weighted by atomic mass is 9.86. The van der Waals surface area contributed by atoms with Crippen LogP contribution in [0.15, 0.2) is 0 Å². The van der Waals surface area contributed by atoms with Crippen molar-refractivity contribution in [3.05, 3.63) is 0 Å². The van der Waals surface area contributed by atoms with Gasteiger partial charge in [-0.25, -0.2) is 0 Å². The molecule has 3 heteroatoms. The highest BCUT2D eigenvalue weighted by molar-refractivity contribution is 5.85. The molecule has 3 nitrogen and oxygen atoms in total. The van der Waals surface area contributed by atoms with E-state index in [-0.39, 0.29) is 11.2 Å². The molecular formula is C11H23NO2. The third kappa shape index (κ3) is 4.20. The molecule has 1 unspecified atom stereocenters. The Morgan fingerprint density at radius 3 is 2.00 bits per heavy atom. The van der Waals surface area contributed by atoms with Gasteiger partial charge in [0.25, 0.3) is 0 Å². The van der Waals surface area contributed by atoms with Crippen molar-refractivity contribution in [3.8, 4) is 0 Å². The van der Waals surface area contributed by atoms with Gasteiger partial charge in [0.05, 0.1) is 6.54 Å². The Morgan fingerprint density at radius 2 is 1.71 bits per heavy atom. The summed E-state index contributed by atoms with van der Waals surface area (Å²) in [4.78, 5) is 13.6. The van der Waals surface area contributed by atoms with Gasteiger partial charge in [0, 0.05) is 0 Å². The minimum absolute atomic E-state index is 0.0822. The number of aliphatic hydroxyl groups excluding tert-OH is 1. The molecule has 0 aromatic carbocycles. The normalized spacial score (nSPS) is 14.5. The largest absolute Gasteiger partial charge is 0.385 e. The summed E-state index contributed by atoms with van der Waals surface area (Å²) in [6.45, 7) is 11.7. The molecule has 0 aliphatic rings. The first kappa shape index (κ1) is 13.6. The highest BCUT2D eigenvalue weighted by Crippen LogP contribution is 2.19. The SMILES string of the molecule is CCN(CC)CC(=O)C(O)C(C)(C)C. The van der Waals surface area contributed by atoms with Gasteiger partial charge in [-0.2, -0.15) is 0 Å². The molecule has 1 atom stereocenters. The van der Waals surface area contributed by atoms with Crippen LogP contribution in [0.4, 0.5) is 0 Å². The van der Waals surface area contributed by atoms with Crippen molar-refractivity contribution >= 4 is 5.78 Å². The molecular weight excluding hydrogens is 178 g/mol. The van der Waals surface area contributed by atoms with E-state index in [2.05, 4.69) is 0 Å². The van der Waals surface area contributed by atoms with Crippen LogP contribution in [-0.2, 0) is 4.79 Å². The van der Waals surface area contributed by atoms with E-state index < -0.39 is 6.10 Å². The van der Waals surface area contributed by atoms with Crippen LogP contribution in [0.3, 0.4) is 0 Å². The summed E-state index contributed by atoms with van der Waals surface area (Å²) >= 11 is 0. The predicted molar refractivity (Wildman–Crippen MR) is 58.3 cm³/mol. The molecule has 0 saturated heterocycles. The zero-order chi connectivity index (χ0) is 11.4. The standard InChI is InChI=1S/C11H23NO2/c1-6-12(7-2)8-9(13)10(14)11(3,4)5/h10,14H,6-8H2,1-5H3. The molecule has 14 heavy (non-hydrogen) atoms. The lowest BCUT2D eigenvalue weighted by Gasteiger charge is -2.27. The first-order valence-corrected chi connectivity index (χ1v) is 5.26. The second-order valence-corrected chi connectivity index (χ2v) is 4.70. The zero-order valence-electron chi connectivity index (χ0n) is 10.0. The number of Topliss-reactive ketones (excluding diaryl/α,β-unsaturated/α-hetero) is 1. The average molecular weight is 201 g/mol. The second-order valence-electron chi connectivity index (χ2n) is 4.70. The summed E-state index contributed by atoms with van der Waals surface area (Å²) in [6.07, 6.45) is -0.858. The van der Waals surface area contributed by atoms with E-state index in [1.807, 2.05) is 39.5 Å². The fourth-order valence-corrected chi connectivity index (χ4v) is 1.24. The van der Waals surface area contributed by atoms with Crippen LogP contribution in [-0.4, -0.2) is 41.5 Å². The summed E-state index contributed by atoms with van der Waals surface area (Å²) < 4.78 is 0. The number of hydrogen-bond donors (Lipinski definition) is 1. The number of likely N-dealkylation sites (N-methyl/N-ethyl adjacent to an activating group) is 1. The van der Waals surface area contributed by atoms with Crippen molar-refractivity contribution < 1.29 is 9.90 Å². The van der Waals surface area contributed by atoms with Gasteiger partial charge in [-0.15, -0.1) is 0 Å². The van der Waals surface area contributed by atoms with Crippen molar-refractivity contribution in [1.29, 1.82) is 0 Å². The van der Waals surface area contributed by atoms with Gasteiger partial charge >= 0.3 is 0 Å². The number of rotatable bonds is 5. The van der Waals surface area contributed by atoms with Crippen LogP contribution >= 0.6 is 0 Å². The quantitative estimate of drug-likeness (QED) is 0.729. The minimum Gasteiger partial charge on any atom is -0.385 e. The molecule has 0 heterocycles. The van der Waals surface area contributed by atoms with Crippen molar-refractivity contribution in [2.45, 2.75) is 40.7 Å². The highest BCUT2D eigenvalue weighted by Gasteiger charge is 2.29. The summed E-state index contributed by atoms with van der Waals surface area (Å²) in [5.41, 5.74) is -0.357. The molecule has 0 saturated carbocycles. The molecule has 1 N–H and O–H groups in total. The van der Waals surface area contributed by atoms with Crippen LogP contribution in [0.1, 0.15) is 34.6 Å². The van der Waals surface area contributed by atoms with E-state index in [9.17, 15) is 9.90 Å². The monoisotopic (exact) mass is 201 g/mol. The maximum absolute atomic E-state index is 11.6. The Morgan fingerprint density at radius 1 is 1.29 bits per heavy atom. The van der Waals surface area contributed by atoms with Gasteiger partial charge < -0.3 is 5.11 Å². The molecule has 0 spiro atoms. The summed E-state index contributed by atoms with van der Waals surface area (Å²) in [5.74, 6) is -0.0822. The van der Waals surface area contributed by atoms with Gasteiger partial charge in [0.1, 0.15) is 6.10 Å². The topological polar surface area (TPSA) is 40.5 Å². The van der Waals surface area contributed by atoms with Gasteiger partial charge in [-0.3, -0.25) is 9.69 Å². The smallest absolute Gasteiger partial charge is 0.175 e. The first-order chi connectivity index (χ1) is 6.32. The van der Waals surface area contributed by atoms with Gasteiger partial charge in [-0.05, 0) is 18.5 Å². The number of hydrogen-bond acceptors (Lipinski definition) is 3. The molecule has 0 fully saturated rings. The minimum atomic E-state index is -0.858. The van der Waals surface area contributed by atoms with Crippen LogP contribution in [0.5, 0.6) is 0 Å². The Labute approximate surface area is 87.1 Å². The van der Waals surface area contributed by atoms with E-state index in [4.69, 9.17) is 0 Å². The fraction of sp³-hybridized carbons (Fsp3) is 0.909. The molecule has 0 aromatic heterocycles. The lowest BCUT2D eigenvalue weighted by Crippen LogP contribution is -2.41. The first-order valence-electron chi connectivity index (χ1n) is 5.26. The molecule has 0 amide bonds. The van der Waals surface area contributed by atoms with Crippen molar-refractivity contribution in [1.82, 2.24) is 4.90 Å². The third-order valence-corrected chi connectivity index (χ3v) is 2.40. The Kier molecular flexibility index (Phi) is 5.31. The number of ketones is 1. The summed E-state index contributed by atoms with van der Waals surface area (Å²) in [5, 5.41) is 9.72. The molecule has 84 valence electrons. The van der Waals surface area contributed by atoms with Crippen molar-refractivity contribution in [2.75, 3.05) is 19.6 Å². The zero-order valence-corrected chi connectivity index (χ0v) is 10.0. The number of carbonyl (C=O) groups is 1. The number of nitrogens with zero attached hydrogens (tertiary/aromatic N) is 1. The van der Waals surface area contributed by atoms with Gasteiger partial charge in [0.15, 0.2) is 5.78 Å². The predicted octanol–water partition coefficient (Wildman–Crippen LogP) is 1.30. The third-order valence-electron chi connectivity index (χ3n) is 2.40. The van der Waals surface area contributed by atoms with Crippen LogP contribution in [0.25, 0.3) is 0 Å². The Bertz CT molecular complexity index is 180. The second kappa shape index (κ2) is 5.47. The Balaban J connectivity index is 4.21. The van der Waals surface area contributed by atoms with Gasteiger partial charge in [0.2, 0.25) is 0 Å². The lowest BCUT2D eigenvalue weighted by molar-refractivity contribution is -0.133. The van der Waals surface area contributed by atoms with E-state index in [1.165, 1.54) is 0 Å². The van der Waals surface area contributed by atoms with E-state index in [0.29, 0.717) is 6.54 Å². The molecule has 0 bridgehead atoms. The molecule has 0 aliphatic carbocycles. The van der Waals surface area contributed by atoms with E-state index >= 15 is 0 Å². The van der Waals surface area contributed by atoms with Crippen LogP contribution < -0.4 is 0 Å². The van der Waals surface area contributed by atoms with E-state index in [0.717, 1.165) is 13.1 Å². The fourth-order valence-electron chi connectivity index (χ4n) is 1.24.